The normalized spacial score (nSPS) is 12.8. The van der Waals surface area contributed by atoms with Crippen molar-refractivity contribution >= 4 is 11.9 Å². The van der Waals surface area contributed by atoms with Crippen LogP contribution in [0.25, 0.3) is 0 Å². The van der Waals surface area contributed by atoms with Crippen LogP contribution in [-0.4, -0.2) is 37.9 Å². The van der Waals surface area contributed by atoms with Crippen LogP contribution in [0, 0.1) is 0 Å². The summed E-state index contributed by atoms with van der Waals surface area (Å²) in [5.41, 5.74) is 0. The Labute approximate surface area is 422 Å². The Morgan fingerprint density at radius 1 is 0.324 bits per heavy atom. The van der Waals surface area contributed by atoms with Crippen LogP contribution in [0.2, 0.25) is 0 Å². The number of rotatable bonds is 53. The van der Waals surface area contributed by atoms with E-state index >= 15 is 0 Å². The van der Waals surface area contributed by atoms with E-state index in [1.54, 1.807) is 0 Å². The van der Waals surface area contributed by atoms with Crippen molar-refractivity contribution < 1.29 is 23.8 Å². The number of esters is 2. The van der Waals surface area contributed by atoms with Gasteiger partial charge in [-0.05, 0) is 116 Å². The van der Waals surface area contributed by atoms with Gasteiger partial charge in [0.1, 0.15) is 6.61 Å². The number of ether oxygens (including phenoxy) is 3. The van der Waals surface area contributed by atoms with E-state index in [4.69, 9.17) is 14.2 Å². The van der Waals surface area contributed by atoms with Gasteiger partial charge in [0.05, 0.1) is 6.61 Å². The van der Waals surface area contributed by atoms with Gasteiger partial charge in [0.2, 0.25) is 0 Å². The summed E-state index contributed by atoms with van der Waals surface area (Å²) < 4.78 is 17.5. The maximum Gasteiger partial charge on any atom is 0.306 e. The molecule has 0 saturated heterocycles. The molecular weight excluding hydrogens is 837 g/mol. The molecule has 0 fully saturated rings. The Kier molecular flexibility index (Phi) is 55.9. The molecule has 0 radical (unpaired) electrons. The number of hydrogen-bond donors (Lipinski definition) is 0. The van der Waals surface area contributed by atoms with Gasteiger partial charge in [0, 0.05) is 19.4 Å². The minimum Gasteiger partial charge on any atom is -0.462 e. The first-order valence-electron chi connectivity index (χ1n) is 29.1. The molecule has 0 N–H and O–H groups in total. The van der Waals surface area contributed by atoms with Crippen LogP contribution in [0.15, 0.2) is 85.1 Å². The highest BCUT2D eigenvalue weighted by Crippen LogP contribution is 2.15. The van der Waals surface area contributed by atoms with Crippen molar-refractivity contribution in [2.75, 3.05) is 19.8 Å². The van der Waals surface area contributed by atoms with Crippen molar-refractivity contribution in [3.63, 3.8) is 0 Å². The first-order chi connectivity index (χ1) is 33.6. The zero-order valence-electron chi connectivity index (χ0n) is 45.1. The first-order valence-corrected chi connectivity index (χ1v) is 29.1. The maximum absolute atomic E-state index is 12.9. The molecule has 0 rings (SSSR count). The lowest BCUT2D eigenvalue weighted by Gasteiger charge is -2.18. The zero-order chi connectivity index (χ0) is 49.2. The molecule has 0 aromatic heterocycles. The van der Waals surface area contributed by atoms with Crippen LogP contribution >= 0.6 is 0 Å². The molecule has 0 bridgehead atoms. The van der Waals surface area contributed by atoms with E-state index in [0.29, 0.717) is 19.4 Å². The summed E-state index contributed by atoms with van der Waals surface area (Å²) in [7, 11) is 0. The van der Waals surface area contributed by atoms with E-state index in [1.165, 1.54) is 161 Å². The average Bonchev–Trinajstić information content (AvgIpc) is 3.34. The van der Waals surface area contributed by atoms with Crippen LogP contribution in [-0.2, 0) is 23.8 Å². The number of carbonyl (C=O) groups is 2. The van der Waals surface area contributed by atoms with Gasteiger partial charge in [-0.1, -0.05) is 234 Å². The third kappa shape index (κ3) is 55.7. The zero-order valence-corrected chi connectivity index (χ0v) is 45.1. The summed E-state index contributed by atoms with van der Waals surface area (Å²) in [5, 5.41) is 0. The molecule has 0 aromatic rings. The number of hydrogen-bond acceptors (Lipinski definition) is 5. The van der Waals surface area contributed by atoms with Gasteiger partial charge < -0.3 is 14.2 Å². The standard InChI is InChI=1S/C63H110O5/c1-4-7-10-13-16-19-22-25-28-30-32-34-36-38-41-44-47-50-53-56-62(64)67-60-61(59-66-58-55-52-49-46-43-40-27-24-21-18-15-12-9-6-3)68-63(65)57-54-51-48-45-42-39-37-35-33-31-29-26-23-20-17-14-11-8-5-2/h12,15-17,19-21,24-26,28-29,32,34,61H,4-11,13-14,18,22-23,27,30-31,33,35-60H2,1-3H3/b15-12-,19-16-,20-17-,24-21-,28-25-,29-26-,34-32-. The lowest BCUT2D eigenvalue weighted by Crippen LogP contribution is -2.30. The monoisotopic (exact) mass is 947 g/mol. The highest BCUT2D eigenvalue weighted by molar-refractivity contribution is 5.70. The van der Waals surface area contributed by atoms with Crippen LogP contribution in [0.3, 0.4) is 0 Å². The molecule has 0 aliphatic carbocycles. The smallest absolute Gasteiger partial charge is 0.306 e. The van der Waals surface area contributed by atoms with Gasteiger partial charge in [-0.15, -0.1) is 0 Å². The van der Waals surface area contributed by atoms with Crippen molar-refractivity contribution in [2.45, 2.75) is 284 Å². The highest BCUT2D eigenvalue weighted by Gasteiger charge is 2.17. The number of carbonyl (C=O) groups excluding carboxylic acids is 2. The second-order valence-electron chi connectivity index (χ2n) is 19.2. The topological polar surface area (TPSA) is 61.8 Å². The first kappa shape index (κ1) is 65.1. The lowest BCUT2D eigenvalue weighted by molar-refractivity contribution is -0.163. The molecule has 68 heavy (non-hydrogen) atoms. The summed E-state index contributed by atoms with van der Waals surface area (Å²) in [6.07, 6.45) is 77.4. The third-order valence-electron chi connectivity index (χ3n) is 12.4. The van der Waals surface area contributed by atoms with Crippen LogP contribution in [0.4, 0.5) is 0 Å². The summed E-state index contributed by atoms with van der Waals surface area (Å²) in [5.74, 6) is -0.417. The quantitative estimate of drug-likeness (QED) is 0.0345. The predicted molar refractivity (Wildman–Crippen MR) is 297 cm³/mol. The minimum absolute atomic E-state index is 0.0698. The molecule has 0 heterocycles. The summed E-state index contributed by atoms with van der Waals surface area (Å²) in [4.78, 5) is 25.5. The van der Waals surface area contributed by atoms with Crippen molar-refractivity contribution in [2.24, 2.45) is 0 Å². The molecule has 5 heteroatoms. The van der Waals surface area contributed by atoms with Gasteiger partial charge in [-0.25, -0.2) is 0 Å². The summed E-state index contributed by atoms with van der Waals surface area (Å²) in [6.45, 7) is 7.70. The van der Waals surface area contributed by atoms with Gasteiger partial charge in [-0.2, -0.15) is 0 Å². The highest BCUT2D eigenvalue weighted by atomic mass is 16.6. The van der Waals surface area contributed by atoms with E-state index < -0.39 is 6.10 Å². The Morgan fingerprint density at radius 2 is 0.647 bits per heavy atom. The molecule has 0 aliphatic heterocycles. The van der Waals surface area contributed by atoms with Crippen molar-refractivity contribution in [3.05, 3.63) is 85.1 Å². The summed E-state index contributed by atoms with van der Waals surface area (Å²) in [6, 6.07) is 0. The molecule has 0 saturated carbocycles. The van der Waals surface area contributed by atoms with Gasteiger partial charge in [-0.3, -0.25) is 9.59 Å². The third-order valence-corrected chi connectivity index (χ3v) is 12.4. The average molecular weight is 948 g/mol. The molecular formula is C63H110O5. The molecule has 0 amide bonds. The maximum atomic E-state index is 12.9. The molecule has 0 aromatic carbocycles. The predicted octanol–water partition coefficient (Wildman–Crippen LogP) is 20.0. The Balaban J connectivity index is 4.31. The molecule has 0 spiro atoms. The minimum atomic E-state index is -0.554. The molecule has 392 valence electrons. The van der Waals surface area contributed by atoms with Gasteiger partial charge >= 0.3 is 11.9 Å². The Morgan fingerprint density at radius 3 is 1.04 bits per heavy atom. The van der Waals surface area contributed by atoms with Crippen LogP contribution in [0.1, 0.15) is 278 Å². The second-order valence-corrected chi connectivity index (χ2v) is 19.2. The molecule has 5 nitrogen and oxygen atoms in total. The second kappa shape index (κ2) is 58.4. The summed E-state index contributed by atoms with van der Waals surface area (Å²) >= 11 is 0. The number of unbranched alkanes of at least 4 members (excludes halogenated alkanes) is 28. The van der Waals surface area contributed by atoms with Crippen molar-refractivity contribution in [1.29, 1.82) is 0 Å². The van der Waals surface area contributed by atoms with E-state index in [-0.39, 0.29) is 25.2 Å². The SMILES string of the molecule is CCC/C=C\C/C=C\CCCCCCCCOCC(COC(=O)CCCCCCCC/C=C\C/C=C\C/C=C\CCCCC)OC(=O)CCCCCCCCCCC/C=C\C/C=C\CCCCC. The molecule has 0 aliphatic rings. The van der Waals surface area contributed by atoms with Crippen LogP contribution < -0.4 is 0 Å². The molecule has 1 unspecified atom stereocenters. The fraction of sp³-hybridized carbons (Fsp3) is 0.746. The fourth-order valence-corrected chi connectivity index (χ4v) is 8.00. The van der Waals surface area contributed by atoms with Gasteiger partial charge in [0.25, 0.3) is 0 Å². The largest absolute Gasteiger partial charge is 0.462 e. The van der Waals surface area contributed by atoms with E-state index in [1.807, 2.05) is 0 Å². The fourth-order valence-electron chi connectivity index (χ4n) is 8.00. The lowest BCUT2D eigenvalue weighted by atomic mass is 10.1. The molecule has 1 atom stereocenters. The van der Waals surface area contributed by atoms with E-state index in [0.717, 1.165) is 83.5 Å². The van der Waals surface area contributed by atoms with Crippen molar-refractivity contribution in [3.8, 4) is 0 Å². The number of allylic oxidation sites excluding steroid dienone is 14. The van der Waals surface area contributed by atoms with E-state index in [2.05, 4.69) is 106 Å². The van der Waals surface area contributed by atoms with Gasteiger partial charge in [0.15, 0.2) is 6.10 Å². The van der Waals surface area contributed by atoms with Crippen molar-refractivity contribution in [1.82, 2.24) is 0 Å². The van der Waals surface area contributed by atoms with E-state index in [9.17, 15) is 9.59 Å². The van der Waals surface area contributed by atoms with Crippen LogP contribution in [0.5, 0.6) is 0 Å². The Hall–Kier alpha value is -2.92. The Bertz CT molecular complexity index is 1250.